The summed E-state index contributed by atoms with van der Waals surface area (Å²) in [6, 6.07) is 10.7. The summed E-state index contributed by atoms with van der Waals surface area (Å²) >= 11 is 3.24. The lowest BCUT2D eigenvalue weighted by Crippen LogP contribution is -2.27. The first kappa shape index (κ1) is 18.3. The maximum absolute atomic E-state index is 13.2. The Labute approximate surface area is 157 Å². The molecule has 0 spiro atoms. The molecule has 1 heterocycles. The Balaban J connectivity index is 1.97. The number of esters is 1. The molecule has 7 heteroatoms. The summed E-state index contributed by atoms with van der Waals surface area (Å²) in [6.07, 6.45) is 0. The lowest BCUT2D eigenvalue weighted by molar-refractivity contribution is 0.0464. The number of hydrogen-bond donors (Lipinski definition) is 0. The number of hydrogen-bond acceptors (Lipinski definition) is 4. The van der Waals surface area contributed by atoms with E-state index < -0.39 is 5.97 Å². The zero-order valence-electron chi connectivity index (χ0n) is 14.2. The fraction of sp³-hybridized carbons (Fsp3) is 0.211. The van der Waals surface area contributed by atoms with Crippen molar-refractivity contribution in [1.82, 2.24) is 9.78 Å². The van der Waals surface area contributed by atoms with Gasteiger partial charge in [0.1, 0.15) is 12.4 Å². The molecule has 0 aliphatic carbocycles. The standard InChI is InChI=1S/C19H16BrFN2O3/c1-11(2)23-18(24)15-6-4-3-5-14(15)17(22-23)19(25)26-10-12-7-8-13(21)9-16(12)20/h3-9,11H,10H2,1-2H3. The van der Waals surface area contributed by atoms with E-state index in [-0.39, 0.29) is 29.7 Å². The summed E-state index contributed by atoms with van der Waals surface area (Å²) in [4.78, 5) is 25.1. The second-order valence-corrected chi connectivity index (χ2v) is 6.90. The zero-order chi connectivity index (χ0) is 18.8. The van der Waals surface area contributed by atoms with Crippen molar-refractivity contribution in [2.45, 2.75) is 26.5 Å². The Kier molecular flexibility index (Phi) is 5.18. The van der Waals surface area contributed by atoms with Crippen molar-refractivity contribution in [3.05, 3.63) is 74.4 Å². The minimum Gasteiger partial charge on any atom is -0.456 e. The van der Waals surface area contributed by atoms with Gasteiger partial charge in [-0.2, -0.15) is 5.10 Å². The molecule has 0 radical (unpaired) electrons. The van der Waals surface area contributed by atoms with Gasteiger partial charge in [0.25, 0.3) is 5.56 Å². The molecule has 0 fully saturated rings. The summed E-state index contributed by atoms with van der Waals surface area (Å²) in [5.41, 5.74) is 0.446. The highest BCUT2D eigenvalue weighted by molar-refractivity contribution is 9.10. The Morgan fingerprint density at radius 3 is 2.58 bits per heavy atom. The number of carbonyl (C=O) groups is 1. The van der Waals surface area contributed by atoms with E-state index in [1.165, 1.54) is 22.9 Å². The Morgan fingerprint density at radius 2 is 1.92 bits per heavy atom. The van der Waals surface area contributed by atoms with E-state index in [9.17, 15) is 14.0 Å². The number of carbonyl (C=O) groups excluding carboxylic acids is 1. The average molecular weight is 419 g/mol. The van der Waals surface area contributed by atoms with Crippen LogP contribution in [0.4, 0.5) is 4.39 Å². The molecule has 0 N–H and O–H groups in total. The lowest BCUT2D eigenvalue weighted by atomic mass is 10.1. The summed E-state index contributed by atoms with van der Waals surface area (Å²) in [7, 11) is 0. The predicted molar refractivity (Wildman–Crippen MR) is 99.6 cm³/mol. The summed E-state index contributed by atoms with van der Waals surface area (Å²) in [5.74, 6) is -1.03. The van der Waals surface area contributed by atoms with Crippen molar-refractivity contribution >= 4 is 32.7 Å². The van der Waals surface area contributed by atoms with Crippen LogP contribution in [-0.4, -0.2) is 15.7 Å². The zero-order valence-corrected chi connectivity index (χ0v) is 15.8. The van der Waals surface area contributed by atoms with Crippen LogP contribution in [0, 0.1) is 5.82 Å². The van der Waals surface area contributed by atoms with Gasteiger partial charge >= 0.3 is 5.97 Å². The predicted octanol–water partition coefficient (Wildman–Crippen LogP) is 4.24. The quantitative estimate of drug-likeness (QED) is 0.594. The normalized spacial score (nSPS) is 11.1. The van der Waals surface area contributed by atoms with Crippen molar-refractivity contribution in [3.63, 3.8) is 0 Å². The molecule has 0 unspecified atom stereocenters. The minimum atomic E-state index is -0.646. The van der Waals surface area contributed by atoms with Crippen LogP contribution in [0.3, 0.4) is 0 Å². The molecule has 3 aromatic rings. The van der Waals surface area contributed by atoms with Crippen molar-refractivity contribution in [3.8, 4) is 0 Å². The first-order valence-electron chi connectivity index (χ1n) is 8.01. The summed E-state index contributed by atoms with van der Waals surface area (Å²) in [5, 5.41) is 5.06. The van der Waals surface area contributed by atoms with Gasteiger partial charge in [-0.15, -0.1) is 0 Å². The molecular weight excluding hydrogens is 403 g/mol. The van der Waals surface area contributed by atoms with Gasteiger partial charge in [-0.25, -0.2) is 13.9 Å². The Bertz CT molecular complexity index is 1050. The summed E-state index contributed by atoms with van der Waals surface area (Å²) < 4.78 is 20.3. The maximum Gasteiger partial charge on any atom is 0.359 e. The van der Waals surface area contributed by atoms with Crippen molar-refractivity contribution < 1.29 is 13.9 Å². The number of ether oxygens (including phenoxy) is 1. The lowest BCUT2D eigenvalue weighted by Gasteiger charge is -2.13. The number of rotatable bonds is 4. The number of nitrogens with zero attached hydrogens (tertiary/aromatic N) is 2. The molecule has 2 aromatic carbocycles. The van der Waals surface area contributed by atoms with Crippen LogP contribution in [0.2, 0.25) is 0 Å². The van der Waals surface area contributed by atoms with Gasteiger partial charge in [-0.1, -0.05) is 40.2 Å². The van der Waals surface area contributed by atoms with Crippen LogP contribution in [0.25, 0.3) is 10.8 Å². The summed E-state index contributed by atoms with van der Waals surface area (Å²) in [6.45, 7) is 3.58. The van der Waals surface area contributed by atoms with Crippen molar-refractivity contribution in [2.24, 2.45) is 0 Å². The molecule has 134 valence electrons. The van der Waals surface area contributed by atoms with Gasteiger partial charge in [-0.05, 0) is 32.0 Å². The van der Waals surface area contributed by atoms with E-state index in [4.69, 9.17) is 4.74 Å². The molecule has 1 aromatic heterocycles. The van der Waals surface area contributed by atoms with Crippen molar-refractivity contribution in [1.29, 1.82) is 0 Å². The molecule has 0 saturated carbocycles. The van der Waals surface area contributed by atoms with E-state index >= 15 is 0 Å². The number of fused-ring (bicyclic) bond motifs is 1. The highest BCUT2D eigenvalue weighted by atomic mass is 79.9. The molecule has 5 nitrogen and oxygen atoms in total. The van der Waals surface area contributed by atoms with Gasteiger partial charge in [0, 0.05) is 15.4 Å². The second-order valence-electron chi connectivity index (χ2n) is 6.05. The number of halogens is 2. The highest BCUT2D eigenvalue weighted by Crippen LogP contribution is 2.20. The molecule has 0 aliphatic heterocycles. The SMILES string of the molecule is CC(C)n1nc(C(=O)OCc2ccc(F)cc2Br)c2ccccc2c1=O. The molecule has 3 rings (SSSR count). The second kappa shape index (κ2) is 7.37. The first-order chi connectivity index (χ1) is 12.4. The Morgan fingerprint density at radius 1 is 1.23 bits per heavy atom. The Hall–Kier alpha value is -2.54. The van der Waals surface area contributed by atoms with Gasteiger partial charge < -0.3 is 4.74 Å². The molecule has 0 amide bonds. The fourth-order valence-corrected chi connectivity index (χ4v) is 3.02. The molecule has 0 atom stereocenters. The van der Waals surface area contributed by atoms with Crippen LogP contribution in [-0.2, 0) is 11.3 Å². The average Bonchev–Trinajstić information content (AvgIpc) is 2.61. The maximum atomic E-state index is 13.2. The first-order valence-corrected chi connectivity index (χ1v) is 8.80. The topological polar surface area (TPSA) is 61.2 Å². The number of benzene rings is 2. The fourth-order valence-electron chi connectivity index (χ4n) is 2.56. The molecular formula is C19H16BrFN2O3. The third-order valence-corrected chi connectivity index (χ3v) is 4.62. The third-order valence-electron chi connectivity index (χ3n) is 3.88. The van der Waals surface area contributed by atoms with Crippen molar-refractivity contribution in [2.75, 3.05) is 0 Å². The van der Waals surface area contributed by atoms with Crippen LogP contribution < -0.4 is 5.56 Å². The van der Waals surface area contributed by atoms with Crippen LogP contribution in [0.15, 0.2) is 51.7 Å². The van der Waals surface area contributed by atoms with E-state index in [0.717, 1.165) is 0 Å². The van der Waals surface area contributed by atoms with Crippen LogP contribution >= 0.6 is 15.9 Å². The van der Waals surface area contributed by atoms with E-state index in [2.05, 4.69) is 21.0 Å². The van der Waals surface area contributed by atoms with Gasteiger partial charge in [0.15, 0.2) is 5.69 Å². The van der Waals surface area contributed by atoms with Crippen LogP contribution in [0.5, 0.6) is 0 Å². The monoisotopic (exact) mass is 418 g/mol. The smallest absolute Gasteiger partial charge is 0.359 e. The number of aromatic nitrogens is 2. The van der Waals surface area contributed by atoms with Crippen LogP contribution in [0.1, 0.15) is 35.9 Å². The molecule has 0 bridgehead atoms. The van der Waals surface area contributed by atoms with Gasteiger partial charge in [0.2, 0.25) is 0 Å². The van der Waals surface area contributed by atoms with Gasteiger partial charge in [0.05, 0.1) is 11.4 Å². The third kappa shape index (κ3) is 3.53. The molecule has 0 aliphatic rings. The van der Waals surface area contributed by atoms with E-state index in [1.807, 2.05) is 13.8 Å². The minimum absolute atomic E-state index is 0.0451. The highest BCUT2D eigenvalue weighted by Gasteiger charge is 2.19. The largest absolute Gasteiger partial charge is 0.456 e. The van der Waals surface area contributed by atoms with Gasteiger partial charge in [-0.3, -0.25) is 4.79 Å². The van der Waals surface area contributed by atoms with E-state index in [1.54, 1.807) is 24.3 Å². The molecule has 26 heavy (non-hydrogen) atoms. The van der Waals surface area contributed by atoms with E-state index in [0.29, 0.717) is 20.8 Å². The molecule has 0 saturated heterocycles.